The average Bonchev–Trinajstić information content (AvgIpc) is 2.89. The van der Waals surface area contributed by atoms with Gasteiger partial charge in [0.25, 0.3) is 0 Å². The van der Waals surface area contributed by atoms with Crippen LogP contribution >= 0.6 is 0 Å². The van der Waals surface area contributed by atoms with E-state index in [0.717, 1.165) is 37.7 Å². The van der Waals surface area contributed by atoms with E-state index in [0.29, 0.717) is 35.4 Å². The maximum absolute atomic E-state index is 12.2. The molecule has 0 saturated heterocycles. The molecule has 2 aromatic rings. The van der Waals surface area contributed by atoms with Crippen molar-refractivity contribution in [1.29, 1.82) is 0 Å². The number of ether oxygens (including phenoxy) is 1. The van der Waals surface area contributed by atoms with E-state index in [-0.39, 0.29) is 39.9 Å². The van der Waals surface area contributed by atoms with Gasteiger partial charge in [-0.05, 0) is 66.8 Å². The first-order valence-corrected chi connectivity index (χ1v) is 12.9. The van der Waals surface area contributed by atoms with Gasteiger partial charge in [-0.1, -0.05) is 51.1 Å². The number of phenolic OH excluding ortho intramolecular Hbond substituents is 2. The van der Waals surface area contributed by atoms with Gasteiger partial charge in [-0.15, -0.1) is 0 Å². The quantitative estimate of drug-likeness (QED) is 0.514. The van der Waals surface area contributed by atoms with Gasteiger partial charge in [0.05, 0.1) is 11.1 Å². The molecule has 3 aliphatic carbocycles. The molecule has 0 aromatic heterocycles. The summed E-state index contributed by atoms with van der Waals surface area (Å²) in [4.78, 5) is 24.1. The first kappa shape index (κ1) is 22.6. The van der Waals surface area contributed by atoms with Crippen molar-refractivity contribution in [2.24, 2.45) is 28.6 Å². The SMILES string of the molecule is CC1(C)C[C@H]2[C@H]1CC[C@@]13C[C@]2(C)CC[C@H]1[C@H](c1ccccc1)c1c(O)c(C=O)c(O)c(C=O)c1O3. The summed E-state index contributed by atoms with van der Waals surface area (Å²) in [6.07, 6.45) is 7.12. The predicted molar refractivity (Wildman–Crippen MR) is 132 cm³/mol. The maximum atomic E-state index is 12.2. The van der Waals surface area contributed by atoms with Gasteiger partial charge in [0, 0.05) is 17.4 Å². The van der Waals surface area contributed by atoms with Crippen LogP contribution in [-0.2, 0) is 0 Å². The van der Waals surface area contributed by atoms with Crippen LogP contribution in [-0.4, -0.2) is 28.4 Å². The number of aldehydes is 2. The number of phenols is 2. The van der Waals surface area contributed by atoms with Gasteiger partial charge < -0.3 is 14.9 Å². The molecule has 0 radical (unpaired) electrons. The highest BCUT2D eigenvalue weighted by Crippen LogP contribution is 2.70. The van der Waals surface area contributed by atoms with Crippen molar-refractivity contribution in [3.63, 3.8) is 0 Å². The van der Waals surface area contributed by atoms with Gasteiger partial charge in [0.1, 0.15) is 22.8 Å². The van der Waals surface area contributed by atoms with E-state index in [1.165, 1.54) is 6.42 Å². The van der Waals surface area contributed by atoms with Crippen LogP contribution in [0.5, 0.6) is 17.2 Å². The molecule has 5 heteroatoms. The Morgan fingerprint density at radius 2 is 1.57 bits per heavy atom. The second-order valence-corrected chi connectivity index (χ2v) is 12.5. The highest BCUT2D eigenvalue weighted by Gasteiger charge is 2.65. The molecule has 6 atom stereocenters. The van der Waals surface area contributed by atoms with Gasteiger partial charge in [-0.3, -0.25) is 9.59 Å². The number of hydrogen-bond acceptors (Lipinski definition) is 5. The number of aromatic hydroxyl groups is 2. The van der Waals surface area contributed by atoms with Gasteiger partial charge in [-0.25, -0.2) is 0 Å². The Morgan fingerprint density at radius 1 is 0.886 bits per heavy atom. The van der Waals surface area contributed by atoms with E-state index in [9.17, 15) is 19.8 Å². The van der Waals surface area contributed by atoms with Crippen LogP contribution in [0.15, 0.2) is 30.3 Å². The van der Waals surface area contributed by atoms with Crippen LogP contribution in [0.3, 0.4) is 0 Å². The lowest BCUT2D eigenvalue weighted by atomic mass is 9.45. The Hall–Kier alpha value is -2.82. The average molecular weight is 475 g/mol. The van der Waals surface area contributed by atoms with E-state index in [2.05, 4.69) is 32.9 Å². The number of fused-ring (bicyclic) bond motifs is 4. The molecular formula is C30H34O5. The lowest BCUT2D eigenvalue weighted by molar-refractivity contribution is -0.128. The van der Waals surface area contributed by atoms with Crippen LogP contribution < -0.4 is 4.74 Å². The maximum Gasteiger partial charge on any atom is 0.157 e. The Balaban J connectivity index is 1.60. The Morgan fingerprint density at radius 3 is 2.23 bits per heavy atom. The molecule has 3 fully saturated rings. The van der Waals surface area contributed by atoms with Crippen LogP contribution in [0.25, 0.3) is 0 Å². The number of benzene rings is 2. The molecule has 5 nitrogen and oxygen atoms in total. The summed E-state index contributed by atoms with van der Waals surface area (Å²) in [6.45, 7) is 7.19. The number of rotatable bonds is 3. The van der Waals surface area contributed by atoms with E-state index in [1.54, 1.807) is 0 Å². The molecule has 2 N–H and O–H groups in total. The van der Waals surface area contributed by atoms with Crippen molar-refractivity contribution < 1.29 is 24.5 Å². The lowest BCUT2D eigenvalue weighted by Gasteiger charge is -2.61. The van der Waals surface area contributed by atoms with E-state index >= 15 is 0 Å². The second kappa shape index (κ2) is 7.35. The minimum Gasteiger partial charge on any atom is -0.507 e. The van der Waals surface area contributed by atoms with Gasteiger partial charge in [-0.2, -0.15) is 0 Å². The lowest BCUT2D eigenvalue weighted by Crippen LogP contribution is -2.57. The molecule has 0 amide bonds. The minimum absolute atomic E-state index is 0.0338. The molecule has 0 unspecified atom stereocenters. The van der Waals surface area contributed by atoms with Crippen LogP contribution in [0.4, 0.5) is 0 Å². The van der Waals surface area contributed by atoms with Crippen LogP contribution in [0.1, 0.15) is 97.1 Å². The Labute approximate surface area is 206 Å². The minimum atomic E-state index is -0.499. The van der Waals surface area contributed by atoms with Crippen molar-refractivity contribution in [1.82, 2.24) is 0 Å². The zero-order chi connectivity index (χ0) is 24.8. The summed E-state index contributed by atoms with van der Waals surface area (Å²) in [6, 6.07) is 10.0. The number of hydrogen-bond donors (Lipinski definition) is 2. The fourth-order valence-corrected chi connectivity index (χ4v) is 8.69. The normalized spacial score (nSPS) is 36.3. The van der Waals surface area contributed by atoms with Crippen molar-refractivity contribution in [2.45, 2.75) is 70.8 Å². The molecule has 1 spiro atoms. The zero-order valence-electron chi connectivity index (χ0n) is 20.7. The molecule has 184 valence electrons. The molecule has 2 bridgehead atoms. The van der Waals surface area contributed by atoms with Crippen LogP contribution in [0, 0.1) is 28.6 Å². The van der Waals surface area contributed by atoms with E-state index < -0.39 is 11.4 Å². The third kappa shape index (κ3) is 2.93. The molecule has 1 heterocycles. The number of carbonyl (C=O) groups excluding carboxylic acids is 2. The van der Waals surface area contributed by atoms with Crippen molar-refractivity contribution in [2.75, 3.05) is 0 Å². The van der Waals surface area contributed by atoms with Crippen molar-refractivity contribution in [3.8, 4) is 17.2 Å². The molecule has 6 rings (SSSR count). The highest BCUT2D eigenvalue weighted by atomic mass is 16.5. The Kier molecular flexibility index (Phi) is 4.75. The molecule has 35 heavy (non-hydrogen) atoms. The summed E-state index contributed by atoms with van der Waals surface area (Å²) in [5.41, 5.74) is 1.21. The smallest absolute Gasteiger partial charge is 0.157 e. The second-order valence-electron chi connectivity index (χ2n) is 12.5. The van der Waals surface area contributed by atoms with E-state index in [1.807, 2.05) is 18.2 Å². The third-order valence-corrected chi connectivity index (χ3v) is 10.3. The first-order chi connectivity index (χ1) is 16.7. The summed E-state index contributed by atoms with van der Waals surface area (Å²) in [5, 5.41) is 22.0. The molecule has 3 saturated carbocycles. The zero-order valence-corrected chi connectivity index (χ0v) is 20.7. The summed E-state index contributed by atoms with van der Waals surface area (Å²) in [7, 11) is 0. The summed E-state index contributed by atoms with van der Waals surface area (Å²) >= 11 is 0. The first-order valence-electron chi connectivity index (χ1n) is 12.9. The number of carbonyl (C=O) groups is 2. The fourth-order valence-electron chi connectivity index (χ4n) is 8.69. The fraction of sp³-hybridized carbons (Fsp3) is 0.533. The van der Waals surface area contributed by atoms with Crippen LogP contribution in [0.2, 0.25) is 0 Å². The summed E-state index contributed by atoms with van der Waals surface area (Å²) < 4.78 is 6.90. The Bertz CT molecular complexity index is 1220. The topological polar surface area (TPSA) is 83.8 Å². The molecule has 1 aliphatic heterocycles. The van der Waals surface area contributed by atoms with Gasteiger partial charge in [0.15, 0.2) is 12.6 Å². The van der Waals surface area contributed by atoms with Gasteiger partial charge >= 0.3 is 0 Å². The largest absolute Gasteiger partial charge is 0.507 e. The van der Waals surface area contributed by atoms with Crippen molar-refractivity contribution >= 4 is 12.6 Å². The van der Waals surface area contributed by atoms with E-state index in [4.69, 9.17) is 4.74 Å². The highest BCUT2D eigenvalue weighted by molar-refractivity contribution is 5.95. The molecule has 2 aromatic carbocycles. The summed E-state index contributed by atoms with van der Waals surface area (Å²) in [5.74, 6) is 0.667. The van der Waals surface area contributed by atoms with Gasteiger partial charge in [0.2, 0.25) is 0 Å². The standard InChI is InChI=1S/C30H34O5/c1-28(2)13-22-20(28)10-12-30-16-29(22,3)11-9-21(30)23(17-7-5-4-6-8-17)24-26(34)18(14-31)25(33)19(15-32)27(24)35-30/h4-8,14-15,20-23,33-34H,9-13,16H2,1-3H3/t20-,21+,22+,23+,29+,30-/m1/s1. The van der Waals surface area contributed by atoms with Crippen molar-refractivity contribution in [3.05, 3.63) is 52.6 Å². The predicted octanol–water partition coefficient (Wildman–Crippen LogP) is 6.25. The molecule has 4 aliphatic rings. The molecular weight excluding hydrogens is 440 g/mol. The monoisotopic (exact) mass is 474 g/mol. The third-order valence-electron chi connectivity index (χ3n) is 10.3.